The zero-order chi connectivity index (χ0) is 28.4. The molecule has 0 fully saturated rings. The van der Waals surface area contributed by atoms with Gasteiger partial charge in [0.15, 0.2) is 12.1 Å². The van der Waals surface area contributed by atoms with E-state index in [4.69, 9.17) is 16.2 Å². The van der Waals surface area contributed by atoms with Gasteiger partial charge in [-0.3, -0.25) is 9.59 Å². The number of rotatable bonds is 10. The molecule has 10 heteroatoms. The third-order valence-electron chi connectivity index (χ3n) is 5.97. The molecule has 1 aromatic heterocycles. The molecule has 0 bridgehead atoms. The predicted molar refractivity (Wildman–Crippen MR) is 154 cm³/mol. The molecule has 39 heavy (non-hydrogen) atoms. The quantitative estimate of drug-likeness (QED) is 0.181. The Bertz CT molecular complexity index is 1390. The number of nitrogens with two attached hydrogens (primary N) is 2. The van der Waals surface area contributed by atoms with Gasteiger partial charge in [-0.05, 0) is 67.4 Å². The van der Waals surface area contributed by atoms with E-state index >= 15 is 0 Å². The lowest BCUT2D eigenvalue weighted by Gasteiger charge is -2.24. The number of aryl methyl sites for hydroxylation is 1. The lowest BCUT2D eigenvalue weighted by Crippen LogP contribution is -2.40. The molecule has 2 unspecified atom stereocenters. The lowest BCUT2D eigenvalue weighted by atomic mass is 9.98. The number of carbonyl (C=O) groups excluding carboxylic acids is 2. The third-order valence-corrected chi connectivity index (χ3v) is 5.97. The molecular formula is C29H36N6O4. The largest absolute Gasteiger partial charge is 0.494 e. The number of aromatic nitrogens is 2. The Labute approximate surface area is 227 Å². The van der Waals surface area contributed by atoms with E-state index in [1.165, 1.54) is 0 Å². The number of amides is 2. The van der Waals surface area contributed by atoms with Crippen LogP contribution in [0.1, 0.15) is 48.3 Å². The van der Waals surface area contributed by atoms with Crippen LogP contribution in [0.3, 0.4) is 0 Å². The number of nitrogen functional groups attached to an aromatic ring is 1. The molecule has 206 valence electrons. The fourth-order valence-corrected chi connectivity index (χ4v) is 4.06. The smallest absolute Gasteiger partial charge is 0.255 e. The van der Waals surface area contributed by atoms with E-state index in [9.17, 15) is 14.7 Å². The van der Waals surface area contributed by atoms with Gasteiger partial charge in [0.25, 0.3) is 5.91 Å². The first kappa shape index (κ1) is 29.2. The number of aliphatic hydroxyl groups excluding tert-OH is 1. The molecule has 2 amide bonds. The van der Waals surface area contributed by atoms with Crippen LogP contribution < -0.4 is 26.8 Å². The first-order valence-electron chi connectivity index (χ1n) is 12.8. The van der Waals surface area contributed by atoms with Gasteiger partial charge < -0.3 is 36.9 Å². The highest BCUT2D eigenvalue weighted by atomic mass is 16.5. The first-order valence-corrected chi connectivity index (χ1v) is 12.8. The van der Waals surface area contributed by atoms with Gasteiger partial charge >= 0.3 is 0 Å². The molecule has 4 rings (SSSR count). The normalized spacial score (nSPS) is 12.2. The van der Waals surface area contributed by atoms with Crippen LogP contribution in [0.4, 0.5) is 11.6 Å². The van der Waals surface area contributed by atoms with E-state index in [-0.39, 0.29) is 5.91 Å². The van der Waals surface area contributed by atoms with Crippen LogP contribution in [-0.4, -0.2) is 46.1 Å². The minimum atomic E-state index is -1.30. The van der Waals surface area contributed by atoms with E-state index in [0.717, 1.165) is 23.3 Å². The third kappa shape index (κ3) is 7.79. The number of nitrogens with zero attached hydrogens (tertiary/aromatic N) is 1. The molecule has 4 aromatic rings. The summed E-state index contributed by atoms with van der Waals surface area (Å²) < 4.78 is 5.75. The van der Waals surface area contributed by atoms with Crippen molar-refractivity contribution >= 4 is 34.5 Å². The molecule has 0 aliphatic rings. The highest BCUT2D eigenvalue weighted by Gasteiger charge is 2.28. The summed E-state index contributed by atoms with van der Waals surface area (Å²) in [6.07, 6.45) is -0.458. The molecule has 0 aliphatic heterocycles. The van der Waals surface area contributed by atoms with Crippen molar-refractivity contribution < 1.29 is 19.4 Å². The van der Waals surface area contributed by atoms with Gasteiger partial charge in [0.1, 0.15) is 5.75 Å². The number of fused-ring (bicyclic) bond motifs is 1. The summed E-state index contributed by atoms with van der Waals surface area (Å²) in [6.45, 7) is 7.06. The average Bonchev–Trinajstić information content (AvgIpc) is 3.31. The molecule has 8 N–H and O–H groups in total. The van der Waals surface area contributed by atoms with Crippen molar-refractivity contribution in [3.63, 3.8) is 0 Å². The number of hydrogen-bond acceptors (Lipinski definition) is 7. The van der Waals surface area contributed by atoms with E-state index in [1.54, 1.807) is 42.5 Å². The molecule has 0 saturated heterocycles. The monoisotopic (exact) mass is 532 g/mol. The van der Waals surface area contributed by atoms with Crippen LogP contribution >= 0.6 is 0 Å². The van der Waals surface area contributed by atoms with Gasteiger partial charge in [-0.2, -0.15) is 0 Å². The summed E-state index contributed by atoms with van der Waals surface area (Å²) in [5.41, 5.74) is 15.0. The van der Waals surface area contributed by atoms with Crippen molar-refractivity contribution in [3.05, 3.63) is 83.4 Å². The number of carbonyl (C=O) groups is 2. The lowest BCUT2D eigenvalue weighted by molar-refractivity contribution is -0.125. The number of anilines is 2. The summed E-state index contributed by atoms with van der Waals surface area (Å²) in [6, 6.07) is 19.2. The maximum absolute atomic E-state index is 12.8. The number of hydrogen-bond donors (Lipinski definition) is 6. The van der Waals surface area contributed by atoms with Crippen LogP contribution in [0.25, 0.3) is 11.0 Å². The van der Waals surface area contributed by atoms with Crippen LogP contribution in [0.5, 0.6) is 5.75 Å². The van der Waals surface area contributed by atoms with Crippen molar-refractivity contribution in [3.8, 4) is 5.75 Å². The number of aromatic amines is 1. The second-order valence-electron chi connectivity index (χ2n) is 8.71. The van der Waals surface area contributed by atoms with Crippen LogP contribution in [0, 0.1) is 0 Å². The SMILES string of the molecule is CCNC(c1ccc(CC)c(OCC)c1)C(O)C(=O)Nc1ccc2nc(N)[nH]c2c1.NC(=O)c1ccccc1. The van der Waals surface area contributed by atoms with Crippen LogP contribution in [0.15, 0.2) is 66.7 Å². The second kappa shape index (κ2) is 13.9. The molecule has 0 radical (unpaired) electrons. The Balaban J connectivity index is 0.000000395. The van der Waals surface area contributed by atoms with Gasteiger partial charge in [0.2, 0.25) is 5.91 Å². The Morgan fingerprint density at radius 2 is 1.79 bits per heavy atom. The zero-order valence-corrected chi connectivity index (χ0v) is 22.4. The van der Waals surface area contributed by atoms with Crippen LogP contribution in [-0.2, 0) is 11.2 Å². The van der Waals surface area contributed by atoms with E-state index < -0.39 is 18.1 Å². The van der Waals surface area contributed by atoms with Gasteiger partial charge in [-0.15, -0.1) is 0 Å². The molecule has 1 heterocycles. The van der Waals surface area contributed by atoms with Crippen molar-refractivity contribution in [2.45, 2.75) is 39.3 Å². The molecular weight excluding hydrogens is 496 g/mol. The maximum Gasteiger partial charge on any atom is 0.255 e. The Hall–Kier alpha value is -4.41. The fraction of sp³-hybridized carbons (Fsp3) is 0.276. The molecule has 10 nitrogen and oxygen atoms in total. The number of imidazole rings is 1. The summed E-state index contributed by atoms with van der Waals surface area (Å²) in [4.78, 5) is 30.3. The summed E-state index contributed by atoms with van der Waals surface area (Å²) >= 11 is 0. The highest BCUT2D eigenvalue weighted by Crippen LogP contribution is 2.27. The summed E-state index contributed by atoms with van der Waals surface area (Å²) in [5, 5.41) is 16.8. The van der Waals surface area contributed by atoms with Crippen molar-refractivity contribution in [1.82, 2.24) is 15.3 Å². The van der Waals surface area contributed by atoms with Gasteiger partial charge in [-0.1, -0.05) is 44.2 Å². The fourth-order valence-electron chi connectivity index (χ4n) is 4.06. The molecule has 0 saturated carbocycles. The number of H-pyrrole nitrogens is 1. The van der Waals surface area contributed by atoms with E-state index in [0.29, 0.717) is 41.4 Å². The minimum absolute atomic E-state index is 0.307. The maximum atomic E-state index is 12.8. The predicted octanol–water partition coefficient (Wildman–Crippen LogP) is 3.54. The second-order valence-corrected chi connectivity index (χ2v) is 8.71. The van der Waals surface area contributed by atoms with Crippen LogP contribution in [0.2, 0.25) is 0 Å². The van der Waals surface area contributed by atoms with Gasteiger partial charge in [-0.25, -0.2) is 4.98 Å². The number of likely N-dealkylation sites (N-methyl/N-ethyl adjacent to an activating group) is 1. The van der Waals surface area contributed by atoms with Crippen molar-refractivity contribution in [2.75, 3.05) is 24.2 Å². The molecule has 0 aliphatic carbocycles. The molecule has 3 aromatic carbocycles. The Morgan fingerprint density at radius 1 is 1.05 bits per heavy atom. The van der Waals surface area contributed by atoms with Gasteiger partial charge in [0, 0.05) is 11.3 Å². The Kier molecular flexibility index (Phi) is 10.4. The average molecular weight is 533 g/mol. The zero-order valence-electron chi connectivity index (χ0n) is 22.4. The van der Waals surface area contributed by atoms with E-state index in [2.05, 4.69) is 27.5 Å². The number of benzene rings is 3. The first-order chi connectivity index (χ1) is 18.8. The topological polar surface area (TPSA) is 168 Å². The number of nitrogens with one attached hydrogen (secondary N) is 3. The van der Waals surface area contributed by atoms with E-state index in [1.807, 2.05) is 38.1 Å². The number of ether oxygens (including phenoxy) is 1. The number of primary amides is 1. The summed E-state index contributed by atoms with van der Waals surface area (Å²) in [5.74, 6) is 0.192. The van der Waals surface area contributed by atoms with Crippen molar-refractivity contribution in [2.24, 2.45) is 5.73 Å². The number of aliphatic hydroxyl groups is 1. The Morgan fingerprint density at radius 3 is 2.41 bits per heavy atom. The highest BCUT2D eigenvalue weighted by molar-refractivity contribution is 5.96. The van der Waals surface area contributed by atoms with Gasteiger partial charge in [0.05, 0.1) is 23.7 Å². The minimum Gasteiger partial charge on any atom is -0.494 e. The standard InChI is InChI=1S/C22H29N5O3.C7H7NO/c1-4-13-7-8-14(11-18(13)30-6-3)19(24-5-2)20(28)21(29)25-15-9-10-16-17(12-15)27-22(23)26-16;8-7(9)6-4-2-1-3-5-6/h7-12,19-20,24,28H,4-6H2,1-3H3,(H,25,29)(H3,23,26,27);1-5H,(H2,8,9). The molecule has 0 spiro atoms. The summed E-state index contributed by atoms with van der Waals surface area (Å²) in [7, 11) is 0. The molecule has 2 atom stereocenters. The van der Waals surface area contributed by atoms with Crippen molar-refractivity contribution in [1.29, 1.82) is 0 Å².